The minimum atomic E-state index is -0.847. The van der Waals surface area contributed by atoms with Crippen LogP contribution < -0.4 is 14.4 Å². The van der Waals surface area contributed by atoms with Gasteiger partial charge in [-0.15, -0.1) is 0 Å². The van der Waals surface area contributed by atoms with Gasteiger partial charge in [0.15, 0.2) is 23.0 Å². The molecule has 0 bridgehead atoms. The quantitative estimate of drug-likeness (QED) is 0.724. The van der Waals surface area contributed by atoms with Gasteiger partial charge >= 0.3 is 0 Å². The van der Waals surface area contributed by atoms with E-state index < -0.39 is 23.6 Å². The van der Waals surface area contributed by atoms with Gasteiger partial charge in [0.1, 0.15) is 0 Å². The van der Waals surface area contributed by atoms with Gasteiger partial charge in [-0.1, -0.05) is 19.9 Å². The van der Waals surface area contributed by atoms with E-state index in [-0.39, 0.29) is 11.4 Å². The Balaban J connectivity index is 2.20. The van der Waals surface area contributed by atoms with Crippen molar-refractivity contribution < 1.29 is 24.2 Å². The molecular weight excluding hydrogens is 396 g/mol. The van der Waals surface area contributed by atoms with E-state index in [2.05, 4.69) is 0 Å². The van der Waals surface area contributed by atoms with E-state index in [0.717, 1.165) is 0 Å². The summed E-state index contributed by atoms with van der Waals surface area (Å²) in [6, 6.07) is 12.7. The van der Waals surface area contributed by atoms with Crippen LogP contribution in [0.25, 0.3) is 0 Å². The summed E-state index contributed by atoms with van der Waals surface area (Å²) in [5, 5.41) is 19.7. The molecule has 1 aliphatic heterocycles. The fraction of sp³-hybridized carbons (Fsp3) is 0.292. The number of benzene rings is 2. The van der Waals surface area contributed by atoms with E-state index in [9.17, 15) is 14.7 Å². The van der Waals surface area contributed by atoms with Crippen molar-refractivity contribution in [1.82, 2.24) is 0 Å². The molecule has 7 nitrogen and oxygen atoms in total. The molecule has 0 fully saturated rings. The molecule has 1 atom stereocenters. The van der Waals surface area contributed by atoms with Gasteiger partial charge in [0.2, 0.25) is 0 Å². The van der Waals surface area contributed by atoms with Crippen LogP contribution in [0.3, 0.4) is 0 Å². The molecule has 0 radical (unpaired) electrons. The monoisotopic (exact) mass is 420 g/mol. The van der Waals surface area contributed by atoms with Crippen molar-refractivity contribution in [3.8, 4) is 17.6 Å². The van der Waals surface area contributed by atoms with Gasteiger partial charge in [-0.05, 0) is 48.9 Å². The normalized spacial score (nSPS) is 15.9. The van der Waals surface area contributed by atoms with Crippen LogP contribution in [0.2, 0.25) is 0 Å². The minimum absolute atomic E-state index is 0.0389. The summed E-state index contributed by atoms with van der Waals surface area (Å²) in [5.41, 5.74) is 1.53. The summed E-state index contributed by atoms with van der Waals surface area (Å²) < 4.78 is 11.0. The zero-order chi connectivity index (χ0) is 22.7. The topological polar surface area (TPSA) is 99.9 Å². The fourth-order valence-electron chi connectivity index (χ4n) is 3.58. The van der Waals surface area contributed by atoms with E-state index in [1.54, 1.807) is 56.3 Å². The van der Waals surface area contributed by atoms with Gasteiger partial charge in [0.25, 0.3) is 5.91 Å². The molecule has 2 aromatic carbocycles. The molecule has 0 saturated heterocycles. The number of ether oxygens (including phenoxy) is 2. The number of methoxy groups -OCH3 is 1. The minimum Gasteiger partial charge on any atom is -0.503 e. The Bertz CT molecular complexity index is 1080. The van der Waals surface area contributed by atoms with Crippen LogP contribution in [0.1, 0.15) is 37.9 Å². The maximum Gasteiger partial charge on any atom is 0.294 e. The summed E-state index contributed by atoms with van der Waals surface area (Å²) in [7, 11) is 1.53. The van der Waals surface area contributed by atoms with Gasteiger partial charge in [-0.25, -0.2) is 0 Å². The van der Waals surface area contributed by atoms with Gasteiger partial charge < -0.3 is 14.6 Å². The zero-order valence-electron chi connectivity index (χ0n) is 17.9. The lowest BCUT2D eigenvalue weighted by atomic mass is 9.91. The standard InChI is InChI=1S/C24H24N2O5/c1-5-31-19-12-16(8-11-18(19)30-4)21-20(22(27)14(2)3)23(28)24(29)26(21)17-9-6-15(13-25)7-10-17/h6-12,14,21,28H,5H2,1-4H3. The molecule has 7 heteroatoms. The van der Waals surface area contributed by atoms with E-state index >= 15 is 0 Å². The number of hydrogen-bond acceptors (Lipinski definition) is 6. The molecule has 160 valence electrons. The number of nitriles is 1. The number of nitrogens with zero attached hydrogens (tertiary/aromatic N) is 2. The van der Waals surface area contributed by atoms with Crippen LogP contribution in [0.15, 0.2) is 53.8 Å². The number of aliphatic hydroxyl groups excluding tert-OH is 1. The lowest BCUT2D eigenvalue weighted by Gasteiger charge is -2.28. The lowest BCUT2D eigenvalue weighted by molar-refractivity contribution is -0.119. The number of carbonyl (C=O) groups is 2. The number of carbonyl (C=O) groups excluding carboxylic acids is 2. The average molecular weight is 420 g/mol. The third-order valence-electron chi connectivity index (χ3n) is 5.08. The number of anilines is 1. The van der Waals surface area contributed by atoms with E-state index in [1.165, 1.54) is 12.0 Å². The van der Waals surface area contributed by atoms with Crippen LogP contribution >= 0.6 is 0 Å². The molecule has 1 heterocycles. The number of hydrogen-bond donors (Lipinski definition) is 1. The molecule has 0 saturated carbocycles. The molecule has 1 unspecified atom stereocenters. The molecule has 0 spiro atoms. The second-order valence-corrected chi connectivity index (χ2v) is 7.36. The summed E-state index contributed by atoms with van der Waals surface area (Å²) in [4.78, 5) is 27.4. The van der Waals surface area contributed by atoms with Crippen LogP contribution in [0.4, 0.5) is 5.69 Å². The average Bonchev–Trinajstić information content (AvgIpc) is 3.04. The largest absolute Gasteiger partial charge is 0.503 e. The highest BCUT2D eigenvalue weighted by Crippen LogP contribution is 2.43. The summed E-state index contributed by atoms with van der Waals surface area (Å²) in [5.74, 6) is -0.990. The van der Waals surface area contributed by atoms with Crippen molar-refractivity contribution in [3.05, 3.63) is 64.9 Å². The first-order chi connectivity index (χ1) is 14.8. The van der Waals surface area contributed by atoms with Gasteiger partial charge in [-0.2, -0.15) is 5.26 Å². The predicted molar refractivity (Wildman–Crippen MR) is 115 cm³/mol. The first-order valence-corrected chi connectivity index (χ1v) is 9.95. The highest BCUT2D eigenvalue weighted by atomic mass is 16.5. The molecule has 0 aromatic heterocycles. The molecule has 1 amide bonds. The van der Waals surface area contributed by atoms with Crippen molar-refractivity contribution in [2.75, 3.05) is 18.6 Å². The predicted octanol–water partition coefficient (Wildman–Crippen LogP) is 4.09. The first-order valence-electron chi connectivity index (χ1n) is 9.95. The fourth-order valence-corrected chi connectivity index (χ4v) is 3.58. The third-order valence-corrected chi connectivity index (χ3v) is 5.08. The summed E-state index contributed by atoms with van der Waals surface area (Å²) >= 11 is 0. The van der Waals surface area contributed by atoms with Gasteiger partial charge in [-0.3, -0.25) is 14.5 Å². The van der Waals surface area contributed by atoms with E-state index in [0.29, 0.717) is 34.9 Å². The number of aliphatic hydroxyl groups is 1. The Morgan fingerprint density at radius 1 is 1.19 bits per heavy atom. The maximum atomic E-state index is 13.1. The second-order valence-electron chi connectivity index (χ2n) is 7.36. The van der Waals surface area contributed by atoms with Crippen LogP contribution in [-0.4, -0.2) is 30.5 Å². The summed E-state index contributed by atoms with van der Waals surface area (Å²) in [6.07, 6.45) is 0. The second kappa shape index (κ2) is 8.92. The van der Waals surface area contributed by atoms with Crippen molar-refractivity contribution in [2.24, 2.45) is 5.92 Å². The molecule has 31 heavy (non-hydrogen) atoms. The van der Waals surface area contributed by atoms with Crippen molar-refractivity contribution in [1.29, 1.82) is 5.26 Å². The maximum absolute atomic E-state index is 13.1. The van der Waals surface area contributed by atoms with Crippen LogP contribution in [0, 0.1) is 17.2 Å². The number of ketones is 1. The molecule has 1 aliphatic rings. The van der Waals surface area contributed by atoms with Crippen LogP contribution in [-0.2, 0) is 9.59 Å². The number of amides is 1. The van der Waals surface area contributed by atoms with E-state index in [1.807, 2.05) is 13.0 Å². The Morgan fingerprint density at radius 3 is 2.42 bits per heavy atom. The Hall–Kier alpha value is -3.79. The van der Waals surface area contributed by atoms with Crippen molar-refractivity contribution in [2.45, 2.75) is 26.8 Å². The number of rotatable bonds is 7. The third kappa shape index (κ3) is 3.97. The highest BCUT2D eigenvalue weighted by Gasteiger charge is 2.45. The Labute approximate surface area is 181 Å². The SMILES string of the molecule is CCOc1cc(C2C(C(=O)C(C)C)=C(O)C(=O)N2c2ccc(C#N)cc2)ccc1OC. The van der Waals surface area contributed by atoms with Gasteiger partial charge in [0.05, 0.1) is 37.0 Å². The lowest BCUT2D eigenvalue weighted by Crippen LogP contribution is -2.31. The van der Waals surface area contributed by atoms with Gasteiger partial charge in [0, 0.05) is 11.6 Å². The first kappa shape index (κ1) is 21.9. The molecular formula is C24H24N2O5. The van der Waals surface area contributed by atoms with E-state index in [4.69, 9.17) is 14.7 Å². The molecule has 3 rings (SSSR count). The number of Topliss-reactive ketones (excluding diaryl/α,β-unsaturated/α-hetero) is 1. The molecule has 0 aliphatic carbocycles. The smallest absolute Gasteiger partial charge is 0.294 e. The Morgan fingerprint density at radius 2 is 1.87 bits per heavy atom. The molecule has 1 N–H and O–H groups in total. The zero-order valence-corrected chi connectivity index (χ0v) is 17.9. The van der Waals surface area contributed by atoms with Crippen molar-refractivity contribution in [3.63, 3.8) is 0 Å². The van der Waals surface area contributed by atoms with Crippen LogP contribution in [0.5, 0.6) is 11.5 Å². The molecule has 2 aromatic rings. The highest BCUT2D eigenvalue weighted by molar-refractivity contribution is 6.16. The Kier molecular flexibility index (Phi) is 6.30. The van der Waals surface area contributed by atoms with Crippen molar-refractivity contribution >= 4 is 17.4 Å². The summed E-state index contributed by atoms with van der Waals surface area (Å²) in [6.45, 7) is 5.68.